The fourth-order valence-corrected chi connectivity index (χ4v) is 3.18. The van der Waals surface area contributed by atoms with Gasteiger partial charge >= 0.3 is 0 Å². The minimum absolute atomic E-state index is 0.501. The topological polar surface area (TPSA) is 47.1 Å². The number of hydrogen-bond acceptors (Lipinski definition) is 3. The second kappa shape index (κ2) is 4.33. The summed E-state index contributed by atoms with van der Waals surface area (Å²) in [5, 5.41) is 4.77. The summed E-state index contributed by atoms with van der Waals surface area (Å²) in [6.07, 6.45) is 5.99. The van der Waals surface area contributed by atoms with Crippen LogP contribution in [0.25, 0.3) is 0 Å². The second-order valence-corrected chi connectivity index (χ2v) is 5.30. The number of anilines is 1. The second-order valence-electron chi connectivity index (χ2n) is 5.30. The van der Waals surface area contributed by atoms with Crippen LogP contribution in [-0.2, 0) is 12.8 Å². The predicted octanol–water partition coefficient (Wildman–Crippen LogP) is 1.61. The standard InChI is InChI=1S/C13H22N4/c1-2-16-8-7-10(9-16)17-13(14)11-5-3-4-6-12(11)15-17/h10H,2-9,14H2,1H3. The maximum Gasteiger partial charge on any atom is 0.125 e. The van der Waals surface area contributed by atoms with Crippen molar-refractivity contribution in [3.05, 3.63) is 11.3 Å². The quantitative estimate of drug-likeness (QED) is 0.845. The zero-order chi connectivity index (χ0) is 11.8. The number of aryl methyl sites for hydroxylation is 1. The van der Waals surface area contributed by atoms with Crippen LogP contribution in [0.2, 0.25) is 0 Å². The first-order chi connectivity index (χ1) is 8.29. The van der Waals surface area contributed by atoms with Crippen molar-refractivity contribution < 1.29 is 0 Å². The summed E-state index contributed by atoms with van der Waals surface area (Å²) in [4.78, 5) is 2.48. The molecule has 0 amide bonds. The van der Waals surface area contributed by atoms with E-state index in [0.29, 0.717) is 6.04 Å². The number of aromatic nitrogens is 2. The van der Waals surface area contributed by atoms with Crippen molar-refractivity contribution in [3.63, 3.8) is 0 Å². The Morgan fingerprint density at radius 3 is 2.88 bits per heavy atom. The van der Waals surface area contributed by atoms with E-state index in [-0.39, 0.29) is 0 Å². The summed E-state index contributed by atoms with van der Waals surface area (Å²) in [6.45, 7) is 5.66. The number of nitrogens with two attached hydrogens (primary N) is 1. The van der Waals surface area contributed by atoms with E-state index in [9.17, 15) is 0 Å². The summed E-state index contributed by atoms with van der Waals surface area (Å²) >= 11 is 0. The van der Waals surface area contributed by atoms with Gasteiger partial charge < -0.3 is 10.6 Å². The highest BCUT2D eigenvalue weighted by Gasteiger charge is 2.27. The largest absolute Gasteiger partial charge is 0.384 e. The Hall–Kier alpha value is -1.03. The summed E-state index contributed by atoms with van der Waals surface area (Å²) in [6, 6.07) is 0.501. The molecule has 1 fully saturated rings. The van der Waals surface area contributed by atoms with E-state index in [1.807, 2.05) is 0 Å². The van der Waals surface area contributed by atoms with Crippen molar-refractivity contribution in [2.24, 2.45) is 0 Å². The lowest BCUT2D eigenvalue weighted by molar-refractivity contribution is 0.336. The molecule has 1 aliphatic heterocycles. The normalized spacial score (nSPS) is 25.1. The van der Waals surface area contributed by atoms with E-state index in [2.05, 4.69) is 16.5 Å². The third kappa shape index (κ3) is 1.84. The highest BCUT2D eigenvalue weighted by molar-refractivity contribution is 5.45. The van der Waals surface area contributed by atoms with Crippen LogP contribution in [0.1, 0.15) is 43.5 Å². The number of likely N-dealkylation sites (N-methyl/N-ethyl adjacent to an activating group) is 1. The number of likely N-dealkylation sites (tertiary alicyclic amines) is 1. The minimum atomic E-state index is 0.501. The lowest BCUT2D eigenvalue weighted by Crippen LogP contribution is -2.22. The first kappa shape index (κ1) is 11.1. The van der Waals surface area contributed by atoms with Crippen LogP contribution < -0.4 is 5.73 Å². The third-order valence-electron chi connectivity index (χ3n) is 4.26. The molecule has 0 saturated carbocycles. The minimum Gasteiger partial charge on any atom is -0.384 e. The molecule has 1 unspecified atom stereocenters. The van der Waals surface area contributed by atoms with Crippen LogP contribution in [0.4, 0.5) is 5.82 Å². The zero-order valence-electron chi connectivity index (χ0n) is 10.7. The maximum absolute atomic E-state index is 6.27. The molecular formula is C13H22N4. The Morgan fingerprint density at radius 1 is 1.35 bits per heavy atom. The highest BCUT2D eigenvalue weighted by Crippen LogP contribution is 2.30. The number of rotatable bonds is 2. The molecule has 3 rings (SSSR count). The Labute approximate surface area is 103 Å². The molecule has 4 heteroatoms. The lowest BCUT2D eigenvalue weighted by atomic mass is 9.98. The molecule has 4 nitrogen and oxygen atoms in total. The van der Waals surface area contributed by atoms with Crippen molar-refractivity contribution in [1.29, 1.82) is 0 Å². The van der Waals surface area contributed by atoms with Crippen LogP contribution in [0.15, 0.2) is 0 Å². The molecule has 0 spiro atoms. The van der Waals surface area contributed by atoms with Crippen LogP contribution in [0.5, 0.6) is 0 Å². The van der Waals surface area contributed by atoms with E-state index in [1.54, 1.807) is 0 Å². The van der Waals surface area contributed by atoms with Crippen molar-refractivity contribution in [2.75, 3.05) is 25.4 Å². The average molecular weight is 234 g/mol. The summed E-state index contributed by atoms with van der Waals surface area (Å²) in [5.74, 6) is 0.947. The Bertz CT molecular complexity index is 410. The molecule has 94 valence electrons. The Kier molecular flexibility index (Phi) is 2.82. The van der Waals surface area contributed by atoms with Gasteiger partial charge in [-0.3, -0.25) is 0 Å². The van der Waals surface area contributed by atoms with Gasteiger partial charge in [0.05, 0.1) is 11.7 Å². The van der Waals surface area contributed by atoms with E-state index in [0.717, 1.165) is 31.7 Å². The number of nitrogens with zero attached hydrogens (tertiary/aromatic N) is 3. The molecule has 1 saturated heterocycles. The summed E-state index contributed by atoms with van der Waals surface area (Å²) < 4.78 is 2.12. The van der Waals surface area contributed by atoms with Crippen LogP contribution in [-0.4, -0.2) is 34.3 Å². The van der Waals surface area contributed by atoms with Crippen molar-refractivity contribution in [2.45, 2.75) is 45.1 Å². The van der Waals surface area contributed by atoms with Gasteiger partial charge in [0.2, 0.25) is 0 Å². The molecular weight excluding hydrogens is 212 g/mol. The van der Waals surface area contributed by atoms with Gasteiger partial charge in [-0.1, -0.05) is 6.92 Å². The molecule has 0 bridgehead atoms. The third-order valence-corrected chi connectivity index (χ3v) is 4.26. The van der Waals surface area contributed by atoms with Crippen molar-refractivity contribution in [3.8, 4) is 0 Å². The van der Waals surface area contributed by atoms with E-state index >= 15 is 0 Å². The molecule has 1 aliphatic carbocycles. The number of nitrogen functional groups attached to an aromatic ring is 1. The molecule has 1 atom stereocenters. The van der Waals surface area contributed by atoms with E-state index in [1.165, 1.54) is 37.1 Å². The lowest BCUT2D eigenvalue weighted by Gasteiger charge is -2.14. The van der Waals surface area contributed by atoms with Gasteiger partial charge in [0.15, 0.2) is 0 Å². The molecule has 2 N–H and O–H groups in total. The first-order valence-corrected chi connectivity index (χ1v) is 6.87. The van der Waals surface area contributed by atoms with E-state index in [4.69, 9.17) is 10.8 Å². The van der Waals surface area contributed by atoms with Gasteiger partial charge in [0, 0.05) is 18.7 Å². The zero-order valence-corrected chi connectivity index (χ0v) is 10.7. The molecule has 2 aliphatic rings. The number of fused-ring (bicyclic) bond motifs is 1. The summed E-state index contributed by atoms with van der Waals surface area (Å²) in [5.41, 5.74) is 8.88. The highest BCUT2D eigenvalue weighted by atomic mass is 15.4. The average Bonchev–Trinajstić information content (AvgIpc) is 2.95. The fourth-order valence-electron chi connectivity index (χ4n) is 3.18. The van der Waals surface area contributed by atoms with Gasteiger partial charge in [-0.25, -0.2) is 4.68 Å². The Morgan fingerprint density at radius 2 is 2.18 bits per heavy atom. The van der Waals surface area contributed by atoms with Crippen LogP contribution in [0.3, 0.4) is 0 Å². The molecule has 0 radical (unpaired) electrons. The first-order valence-electron chi connectivity index (χ1n) is 6.87. The monoisotopic (exact) mass is 234 g/mol. The molecule has 0 aromatic carbocycles. The predicted molar refractivity (Wildman–Crippen MR) is 69.0 cm³/mol. The molecule has 2 heterocycles. The van der Waals surface area contributed by atoms with Crippen LogP contribution in [0, 0.1) is 0 Å². The number of hydrogen-bond donors (Lipinski definition) is 1. The van der Waals surface area contributed by atoms with Crippen LogP contribution >= 0.6 is 0 Å². The van der Waals surface area contributed by atoms with E-state index < -0.39 is 0 Å². The van der Waals surface area contributed by atoms with Gasteiger partial charge in [-0.15, -0.1) is 0 Å². The van der Waals surface area contributed by atoms with Gasteiger partial charge in [-0.2, -0.15) is 5.10 Å². The molecule has 1 aromatic rings. The van der Waals surface area contributed by atoms with Gasteiger partial charge in [-0.05, 0) is 38.6 Å². The fraction of sp³-hybridized carbons (Fsp3) is 0.769. The molecule has 17 heavy (non-hydrogen) atoms. The molecule has 1 aromatic heterocycles. The van der Waals surface area contributed by atoms with Crippen molar-refractivity contribution in [1.82, 2.24) is 14.7 Å². The SMILES string of the molecule is CCN1CCC(n2nc3c(c2N)CCCC3)C1. The van der Waals surface area contributed by atoms with Crippen molar-refractivity contribution >= 4 is 5.82 Å². The Balaban J connectivity index is 1.86. The smallest absolute Gasteiger partial charge is 0.125 e. The maximum atomic E-state index is 6.27. The van der Waals surface area contributed by atoms with Gasteiger partial charge in [0.25, 0.3) is 0 Å². The summed E-state index contributed by atoms with van der Waals surface area (Å²) in [7, 11) is 0. The van der Waals surface area contributed by atoms with Gasteiger partial charge in [0.1, 0.15) is 5.82 Å².